The summed E-state index contributed by atoms with van der Waals surface area (Å²) in [5.74, 6) is -0.383. The lowest BCUT2D eigenvalue weighted by atomic mass is 9.94. The highest BCUT2D eigenvalue weighted by Gasteiger charge is 2.54. The standard InChI is InChI=1S/C21H30N2O4/c1-20(2,3)23(21(4,5)6)19(25)17-16-18(24)22(13-15(26-16)27-17)12-14-10-8-7-9-11-14/h7-11,15-17H,12-13H2,1-6H3/t15-,16+,17+/m0/s1. The SMILES string of the molecule is CC(C)(C)N(C(=O)[C@@H]1O[C@H]2CN(Cc3ccccc3)C(=O)[C@@H]1O2)C(C)(C)C. The van der Waals surface area contributed by atoms with E-state index in [4.69, 9.17) is 9.47 Å². The van der Waals surface area contributed by atoms with Gasteiger partial charge in [0.25, 0.3) is 11.8 Å². The molecule has 3 atom stereocenters. The number of carbonyl (C=O) groups excluding carboxylic acids is 2. The van der Waals surface area contributed by atoms with Gasteiger partial charge in [0.2, 0.25) is 0 Å². The van der Waals surface area contributed by atoms with Gasteiger partial charge in [-0.15, -0.1) is 0 Å². The summed E-state index contributed by atoms with van der Waals surface area (Å²) in [4.78, 5) is 29.8. The van der Waals surface area contributed by atoms with Crippen molar-refractivity contribution in [2.75, 3.05) is 6.54 Å². The Morgan fingerprint density at radius 1 is 1.07 bits per heavy atom. The lowest BCUT2D eigenvalue weighted by Crippen LogP contribution is -2.61. The molecule has 0 N–H and O–H groups in total. The summed E-state index contributed by atoms with van der Waals surface area (Å²) in [6.07, 6.45) is -2.35. The summed E-state index contributed by atoms with van der Waals surface area (Å²) in [6.45, 7) is 12.7. The van der Waals surface area contributed by atoms with Crippen LogP contribution in [0.2, 0.25) is 0 Å². The maximum atomic E-state index is 13.3. The quantitative estimate of drug-likeness (QED) is 0.816. The summed E-state index contributed by atoms with van der Waals surface area (Å²) >= 11 is 0. The molecule has 0 aromatic heterocycles. The molecule has 2 aliphatic heterocycles. The van der Waals surface area contributed by atoms with Gasteiger partial charge in [-0.2, -0.15) is 0 Å². The lowest BCUT2D eigenvalue weighted by Gasteiger charge is -2.46. The summed E-state index contributed by atoms with van der Waals surface area (Å²) in [5.41, 5.74) is 0.241. The van der Waals surface area contributed by atoms with Crippen LogP contribution in [0, 0.1) is 0 Å². The van der Waals surface area contributed by atoms with Crippen LogP contribution in [0.25, 0.3) is 0 Å². The van der Waals surface area contributed by atoms with E-state index in [0.29, 0.717) is 13.1 Å². The van der Waals surface area contributed by atoms with Crippen molar-refractivity contribution in [3.8, 4) is 0 Å². The Labute approximate surface area is 161 Å². The molecule has 6 nitrogen and oxygen atoms in total. The smallest absolute Gasteiger partial charge is 0.255 e. The van der Waals surface area contributed by atoms with Gasteiger partial charge >= 0.3 is 0 Å². The molecule has 2 aliphatic rings. The fourth-order valence-electron chi connectivity index (χ4n) is 4.15. The molecule has 2 heterocycles. The molecule has 2 fully saturated rings. The molecule has 1 aromatic carbocycles. The molecular weight excluding hydrogens is 344 g/mol. The molecule has 2 bridgehead atoms. The maximum absolute atomic E-state index is 13.3. The highest BCUT2D eigenvalue weighted by atomic mass is 16.7. The lowest BCUT2D eigenvalue weighted by molar-refractivity contribution is -0.162. The van der Waals surface area contributed by atoms with E-state index in [2.05, 4.69) is 0 Å². The monoisotopic (exact) mass is 374 g/mol. The van der Waals surface area contributed by atoms with Crippen LogP contribution in [-0.2, 0) is 25.6 Å². The van der Waals surface area contributed by atoms with Crippen LogP contribution in [0.3, 0.4) is 0 Å². The Hall–Kier alpha value is -1.92. The first-order valence-corrected chi connectivity index (χ1v) is 9.46. The predicted molar refractivity (Wildman–Crippen MR) is 102 cm³/mol. The van der Waals surface area contributed by atoms with Crippen molar-refractivity contribution in [1.29, 1.82) is 0 Å². The molecule has 27 heavy (non-hydrogen) atoms. The van der Waals surface area contributed by atoms with Gasteiger partial charge in [0.15, 0.2) is 18.5 Å². The van der Waals surface area contributed by atoms with Crippen LogP contribution in [0.5, 0.6) is 0 Å². The number of carbonyl (C=O) groups is 2. The highest BCUT2D eigenvalue weighted by Crippen LogP contribution is 2.33. The molecule has 0 saturated carbocycles. The molecule has 0 radical (unpaired) electrons. The molecule has 3 rings (SSSR count). The van der Waals surface area contributed by atoms with Crippen LogP contribution in [-0.4, -0.2) is 57.7 Å². The molecular formula is C21H30N2O4. The molecule has 2 amide bonds. The van der Waals surface area contributed by atoms with Crippen LogP contribution < -0.4 is 0 Å². The van der Waals surface area contributed by atoms with E-state index in [1.54, 1.807) is 9.80 Å². The second-order valence-electron chi connectivity index (χ2n) is 9.26. The van der Waals surface area contributed by atoms with E-state index < -0.39 is 29.6 Å². The first-order valence-electron chi connectivity index (χ1n) is 9.46. The third kappa shape index (κ3) is 4.01. The molecule has 148 valence electrons. The zero-order valence-electron chi connectivity index (χ0n) is 17.1. The van der Waals surface area contributed by atoms with E-state index in [0.717, 1.165) is 5.56 Å². The second kappa shape index (κ2) is 6.91. The predicted octanol–water partition coefficient (Wildman–Crippen LogP) is 2.56. The average molecular weight is 374 g/mol. The molecule has 6 heteroatoms. The number of amides is 2. The number of ether oxygens (including phenoxy) is 2. The van der Waals surface area contributed by atoms with Crippen molar-refractivity contribution in [3.63, 3.8) is 0 Å². The Balaban J connectivity index is 1.80. The van der Waals surface area contributed by atoms with Crippen molar-refractivity contribution >= 4 is 11.8 Å². The van der Waals surface area contributed by atoms with Crippen molar-refractivity contribution in [2.45, 2.75) is 77.7 Å². The summed E-state index contributed by atoms with van der Waals surface area (Å²) in [7, 11) is 0. The largest absolute Gasteiger partial charge is 0.334 e. The Morgan fingerprint density at radius 2 is 1.67 bits per heavy atom. The minimum atomic E-state index is -0.901. The number of fused-ring (bicyclic) bond motifs is 2. The third-order valence-electron chi connectivity index (χ3n) is 4.82. The van der Waals surface area contributed by atoms with Crippen molar-refractivity contribution in [1.82, 2.24) is 9.80 Å². The fourth-order valence-corrected chi connectivity index (χ4v) is 4.15. The van der Waals surface area contributed by atoms with Gasteiger partial charge in [-0.05, 0) is 47.1 Å². The third-order valence-corrected chi connectivity index (χ3v) is 4.82. The number of morpholine rings is 1. The first kappa shape index (κ1) is 19.8. The molecule has 0 spiro atoms. The van der Waals surface area contributed by atoms with Crippen LogP contribution in [0.4, 0.5) is 0 Å². The van der Waals surface area contributed by atoms with Gasteiger partial charge in [-0.25, -0.2) is 0 Å². The summed E-state index contributed by atoms with van der Waals surface area (Å²) < 4.78 is 11.6. The van der Waals surface area contributed by atoms with Gasteiger partial charge in [0.1, 0.15) is 0 Å². The van der Waals surface area contributed by atoms with E-state index in [1.807, 2.05) is 71.9 Å². The van der Waals surface area contributed by atoms with E-state index >= 15 is 0 Å². The van der Waals surface area contributed by atoms with Gasteiger partial charge in [-0.1, -0.05) is 30.3 Å². The summed E-state index contributed by atoms with van der Waals surface area (Å²) in [5, 5.41) is 0. The zero-order chi connectivity index (χ0) is 20.0. The summed E-state index contributed by atoms with van der Waals surface area (Å²) in [6, 6.07) is 9.80. The van der Waals surface area contributed by atoms with Crippen LogP contribution in [0.15, 0.2) is 30.3 Å². The Morgan fingerprint density at radius 3 is 2.22 bits per heavy atom. The van der Waals surface area contributed by atoms with Crippen molar-refractivity contribution < 1.29 is 19.1 Å². The van der Waals surface area contributed by atoms with E-state index in [1.165, 1.54) is 0 Å². The minimum Gasteiger partial charge on any atom is -0.334 e. The number of benzene rings is 1. The van der Waals surface area contributed by atoms with Crippen LogP contribution >= 0.6 is 0 Å². The highest BCUT2D eigenvalue weighted by molar-refractivity contribution is 5.92. The normalized spacial score (nSPS) is 25.6. The number of hydrogen-bond acceptors (Lipinski definition) is 4. The van der Waals surface area contributed by atoms with Crippen molar-refractivity contribution in [2.24, 2.45) is 0 Å². The fraction of sp³-hybridized carbons (Fsp3) is 0.619. The van der Waals surface area contributed by atoms with Crippen molar-refractivity contribution in [3.05, 3.63) is 35.9 Å². The first-order chi connectivity index (χ1) is 12.5. The van der Waals surface area contributed by atoms with Gasteiger partial charge < -0.3 is 19.3 Å². The van der Waals surface area contributed by atoms with Gasteiger partial charge in [-0.3, -0.25) is 9.59 Å². The van der Waals surface area contributed by atoms with E-state index in [9.17, 15) is 9.59 Å². The second-order valence-corrected chi connectivity index (χ2v) is 9.26. The van der Waals surface area contributed by atoms with Crippen LogP contribution in [0.1, 0.15) is 47.1 Å². The maximum Gasteiger partial charge on any atom is 0.255 e. The molecule has 0 aliphatic carbocycles. The zero-order valence-corrected chi connectivity index (χ0v) is 17.1. The van der Waals surface area contributed by atoms with Gasteiger partial charge in [0, 0.05) is 17.6 Å². The molecule has 1 aromatic rings. The number of nitrogens with zero attached hydrogens (tertiary/aromatic N) is 2. The van der Waals surface area contributed by atoms with Gasteiger partial charge in [0.05, 0.1) is 6.54 Å². The number of hydrogen-bond donors (Lipinski definition) is 0. The molecule has 0 unspecified atom stereocenters. The Kier molecular flexibility index (Phi) is 5.08. The number of rotatable bonds is 3. The Bertz CT molecular complexity index is 691. The average Bonchev–Trinajstić information content (AvgIpc) is 2.90. The topological polar surface area (TPSA) is 59.1 Å². The minimum absolute atomic E-state index is 0.186. The molecule has 2 saturated heterocycles. The van der Waals surface area contributed by atoms with E-state index in [-0.39, 0.29) is 11.8 Å².